The molecule has 0 radical (unpaired) electrons. The van der Waals surface area contributed by atoms with Crippen LogP contribution in [0.2, 0.25) is 0 Å². The molecule has 1 heterocycles. The zero-order chi connectivity index (χ0) is 19.8. The molecular formula is C21H37N3O2. The van der Waals surface area contributed by atoms with Gasteiger partial charge in [-0.3, -0.25) is 9.63 Å². The van der Waals surface area contributed by atoms with Gasteiger partial charge in [-0.2, -0.15) is 10.3 Å². The van der Waals surface area contributed by atoms with E-state index in [1.54, 1.807) is 0 Å². The van der Waals surface area contributed by atoms with E-state index in [4.69, 9.17) is 4.84 Å². The molecule has 1 aliphatic carbocycles. The van der Waals surface area contributed by atoms with Crippen LogP contribution in [0.5, 0.6) is 0 Å². The third-order valence-corrected chi connectivity index (χ3v) is 6.24. The highest BCUT2D eigenvalue weighted by Crippen LogP contribution is 2.44. The summed E-state index contributed by atoms with van der Waals surface area (Å²) in [6.07, 6.45) is 6.00. The molecule has 1 aliphatic heterocycles. The number of hydrogen-bond acceptors (Lipinski definition) is 4. The smallest absolute Gasteiger partial charge is 0.245 e. The van der Waals surface area contributed by atoms with Crippen LogP contribution in [0.4, 0.5) is 0 Å². The van der Waals surface area contributed by atoms with E-state index in [0.29, 0.717) is 19.4 Å². The van der Waals surface area contributed by atoms with Gasteiger partial charge in [0.2, 0.25) is 5.91 Å². The minimum absolute atomic E-state index is 0.123. The lowest BCUT2D eigenvalue weighted by atomic mass is 9.80. The molecule has 0 bridgehead atoms. The minimum atomic E-state index is -0.796. The predicted octanol–water partition coefficient (Wildman–Crippen LogP) is 4.42. The van der Waals surface area contributed by atoms with E-state index < -0.39 is 11.1 Å². The van der Waals surface area contributed by atoms with Crippen molar-refractivity contribution in [3.05, 3.63) is 0 Å². The van der Waals surface area contributed by atoms with Crippen LogP contribution in [-0.2, 0) is 9.63 Å². The zero-order valence-electron chi connectivity index (χ0n) is 17.8. The van der Waals surface area contributed by atoms with Gasteiger partial charge in [0, 0.05) is 12.1 Å². The molecule has 0 aromatic heterocycles. The highest BCUT2D eigenvalue weighted by Gasteiger charge is 2.58. The number of rotatable bonds is 4. The van der Waals surface area contributed by atoms with Crippen molar-refractivity contribution >= 4 is 5.91 Å². The molecule has 2 rings (SSSR count). The SMILES string of the molecule is CCC1(CC)C(=O)N(C(C)(C)C)CC(C)(C)N1OC1(C#N)CCCCC1. The van der Waals surface area contributed by atoms with Crippen LogP contribution in [0.25, 0.3) is 0 Å². The molecule has 5 heteroatoms. The zero-order valence-corrected chi connectivity index (χ0v) is 17.8. The fraction of sp³-hybridized carbons (Fsp3) is 0.905. The lowest BCUT2D eigenvalue weighted by molar-refractivity contribution is -0.332. The van der Waals surface area contributed by atoms with Crippen LogP contribution >= 0.6 is 0 Å². The molecule has 148 valence electrons. The van der Waals surface area contributed by atoms with Gasteiger partial charge < -0.3 is 4.90 Å². The second-order valence-electron chi connectivity index (χ2n) is 9.67. The Kier molecular flexibility index (Phi) is 5.81. The first-order valence-corrected chi connectivity index (χ1v) is 10.2. The molecule has 1 amide bonds. The van der Waals surface area contributed by atoms with E-state index in [0.717, 1.165) is 32.1 Å². The van der Waals surface area contributed by atoms with Crippen LogP contribution < -0.4 is 0 Å². The van der Waals surface area contributed by atoms with Crippen molar-refractivity contribution in [3.63, 3.8) is 0 Å². The molecule has 0 spiro atoms. The second-order valence-corrected chi connectivity index (χ2v) is 9.67. The Morgan fingerprint density at radius 1 is 1.12 bits per heavy atom. The van der Waals surface area contributed by atoms with E-state index in [9.17, 15) is 10.1 Å². The number of carbonyl (C=O) groups excluding carboxylic acids is 1. The van der Waals surface area contributed by atoms with Crippen LogP contribution in [0.3, 0.4) is 0 Å². The maximum Gasteiger partial charge on any atom is 0.245 e. The van der Waals surface area contributed by atoms with Gasteiger partial charge in [-0.15, -0.1) is 0 Å². The molecule has 0 N–H and O–H groups in total. The first kappa shape index (κ1) is 21.2. The third kappa shape index (κ3) is 3.51. The molecule has 2 fully saturated rings. The van der Waals surface area contributed by atoms with E-state index in [-0.39, 0.29) is 17.0 Å². The van der Waals surface area contributed by atoms with Crippen LogP contribution in [0.1, 0.15) is 93.4 Å². The van der Waals surface area contributed by atoms with Gasteiger partial charge in [0.15, 0.2) is 5.60 Å². The van der Waals surface area contributed by atoms with E-state index >= 15 is 0 Å². The summed E-state index contributed by atoms with van der Waals surface area (Å²) in [5.74, 6) is 0.123. The van der Waals surface area contributed by atoms with Gasteiger partial charge in [-0.1, -0.05) is 20.3 Å². The van der Waals surface area contributed by atoms with Gasteiger partial charge >= 0.3 is 0 Å². The van der Waals surface area contributed by atoms with Crippen LogP contribution in [-0.4, -0.2) is 44.6 Å². The average molecular weight is 364 g/mol. The number of nitrogens with zero attached hydrogens (tertiary/aromatic N) is 3. The molecule has 26 heavy (non-hydrogen) atoms. The molecule has 1 saturated heterocycles. The molecular weight excluding hydrogens is 326 g/mol. The lowest BCUT2D eigenvalue weighted by Crippen LogP contribution is -2.76. The molecule has 1 saturated carbocycles. The Hall–Kier alpha value is -1.12. The number of hydrogen-bond donors (Lipinski definition) is 0. The topological polar surface area (TPSA) is 56.6 Å². The van der Waals surface area contributed by atoms with Gasteiger partial charge in [0.25, 0.3) is 0 Å². The third-order valence-electron chi connectivity index (χ3n) is 6.24. The Labute approximate surface area is 159 Å². The number of amides is 1. The molecule has 0 atom stereocenters. The number of piperazine rings is 1. The fourth-order valence-electron chi connectivity index (χ4n) is 4.55. The summed E-state index contributed by atoms with van der Waals surface area (Å²) < 4.78 is 0. The Morgan fingerprint density at radius 3 is 2.08 bits per heavy atom. The van der Waals surface area contributed by atoms with Crippen molar-refractivity contribution in [2.75, 3.05) is 6.54 Å². The van der Waals surface area contributed by atoms with Crippen molar-refractivity contribution in [1.29, 1.82) is 5.26 Å². The lowest BCUT2D eigenvalue weighted by Gasteiger charge is -2.60. The van der Waals surface area contributed by atoms with E-state index in [1.165, 1.54) is 0 Å². The van der Waals surface area contributed by atoms with Gasteiger partial charge in [0.1, 0.15) is 5.54 Å². The Bertz CT molecular complexity index is 561. The molecule has 0 unspecified atom stereocenters. The summed E-state index contributed by atoms with van der Waals surface area (Å²) in [5.41, 5.74) is -2.13. The molecule has 0 aromatic rings. The minimum Gasteiger partial charge on any atom is -0.334 e. The summed E-state index contributed by atoms with van der Waals surface area (Å²) >= 11 is 0. The highest BCUT2D eigenvalue weighted by atomic mass is 16.7. The number of carbonyl (C=O) groups is 1. The highest BCUT2D eigenvalue weighted by molar-refractivity contribution is 5.88. The van der Waals surface area contributed by atoms with Crippen LogP contribution in [0.15, 0.2) is 0 Å². The summed E-state index contributed by atoms with van der Waals surface area (Å²) in [5, 5.41) is 11.8. The summed E-state index contributed by atoms with van der Waals surface area (Å²) in [6, 6.07) is 2.46. The molecule has 2 aliphatic rings. The van der Waals surface area contributed by atoms with Crippen molar-refractivity contribution in [2.45, 2.75) is 116 Å². The summed E-state index contributed by atoms with van der Waals surface area (Å²) in [6.45, 7) is 15.2. The molecule has 0 aromatic carbocycles. The summed E-state index contributed by atoms with van der Waals surface area (Å²) in [4.78, 5) is 22.1. The Morgan fingerprint density at radius 2 is 1.65 bits per heavy atom. The van der Waals surface area contributed by atoms with Crippen molar-refractivity contribution in [2.24, 2.45) is 0 Å². The second kappa shape index (κ2) is 7.13. The quantitative estimate of drug-likeness (QED) is 0.742. The number of hydroxylamine groups is 2. The Balaban J connectivity index is 2.48. The van der Waals surface area contributed by atoms with Gasteiger partial charge in [-0.05, 0) is 73.1 Å². The van der Waals surface area contributed by atoms with Crippen LogP contribution in [0, 0.1) is 11.3 Å². The predicted molar refractivity (Wildman–Crippen MR) is 103 cm³/mol. The molecule has 5 nitrogen and oxygen atoms in total. The van der Waals surface area contributed by atoms with E-state index in [2.05, 4.69) is 54.5 Å². The van der Waals surface area contributed by atoms with Gasteiger partial charge in [0.05, 0.1) is 11.6 Å². The average Bonchev–Trinajstić information content (AvgIpc) is 2.59. The first-order chi connectivity index (χ1) is 12.0. The maximum atomic E-state index is 13.6. The maximum absolute atomic E-state index is 13.6. The van der Waals surface area contributed by atoms with Crippen molar-refractivity contribution < 1.29 is 9.63 Å². The fourth-order valence-corrected chi connectivity index (χ4v) is 4.55. The van der Waals surface area contributed by atoms with E-state index in [1.807, 2.05) is 9.96 Å². The summed E-state index contributed by atoms with van der Waals surface area (Å²) in [7, 11) is 0. The normalized spacial score (nSPS) is 25.8. The first-order valence-electron chi connectivity index (χ1n) is 10.2. The van der Waals surface area contributed by atoms with Gasteiger partial charge in [-0.25, -0.2) is 0 Å². The monoisotopic (exact) mass is 363 g/mol. The standard InChI is InChI=1S/C21H37N3O2/c1-8-21(9-2)17(25)23(18(3,4)5)16-19(6,7)24(21)26-20(15-22)13-11-10-12-14-20/h8-14,16H2,1-7H3. The largest absolute Gasteiger partial charge is 0.334 e. The van der Waals surface area contributed by atoms with Crippen molar-refractivity contribution in [3.8, 4) is 6.07 Å². The number of nitriles is 1. The van der Waals surface area contributed by atoms with Crippen molar-refractivity contribution in [1.82, 2.24) is 9.96 Å².